The van der Waals surface area contributed by atoms with E-state index in [0.29, 0.717) is 6.54 Å². The summed E-state index contributed by atoms with van der Waals surface area (Å²) < 4.78 is 0. The molecule has 1 atom stereocenters. The van der Waals surface area contributed by atoms with Gasteiger partial charge in [-0.3, -0.25) is 4.79 Å². The number of nitrogens with two attached hydrogens (primary N) is 1. The SMILES string of the molecule is Cc1ccc2c(c1)CCCN2CC(N)(C(=O)O)C1CC1. The first-order chi connectivity index (χ1) is 9.50. The molecule has 0 bridgehead atoms. The number of aliphatic carboxylic acids is 1. The number of rotatable bonds is 4. The van der Waals surface area contributed by atoms with Crippen molar-refractivity contribution in [1.82, 2.24) is 0 Å². The van der Waals surface area contributed by atoms with Crippen LogP contribution in [0.5, 0.6) is 0 Å². The van der Waals surface area contributed by atoms with Gasteiger partial charge in [-0.05, 0) is 50.2 Å². The number of carboxylic acids is 1. The number of carbonyl (C=O) groups is 1. The van der Waals surface area contributed by atoms with Crippen LogP contribution in [0.3, 0.4) is 0 Å². The van der Waals surface area contributed by atoms with E-state index in [9.17, 15) is 9.90 Å². The molecule has 1 aromatic carbocycles. The van der Waals surface area contributed by atoms with Crippen molar-refractivity contribution < 1.29 is 9.90 Å². The fourth-order valence-electron chi connectivity index (χ4n) is 3.25. The lowest BCUT2D eigenvalue weighted by Crippen LogP contribution is -2.58. The molecule has 4 nitrogen and oxygen atoms in total. The molecule has 0 spiro atoms. The Labute approximate surface area is 119 Å². The molecule has 1 heterocycles. The molecule has 0 amide bonds. The number of benzene rings is 1. The molecule has 0 radical (unpaired) electrons. The standard InChI is InChI=1S/C16H22N2O2/c1-11-4-7-14-12(9-11)3-2-8-18(14)10-16(17,15(19)20)13-5-6-13/h4,7,9,13H,2-3,5-6,8,10,17H2,1H3,(H,19,20). The minimum Gasteiger partial charge on any atom is -0.480 e. The lowest BCUT2D eigenvalue weighted by molar-refractivity contribution is -0.143. The van der Waals surface area contributed by atoms with Gasteiger partial charge >= 0.3 is 5.97 Å². The summed E-state index contributed by atoms with van der Waals surface area (Å²) in [4.78, 5) is 13.8. The first-order valence-electron chi connectivity index (χ1n) is 7.37. The maximum absolute atomic E-state index is 11.6. The van der Waals surface area contributed by atoms with Gasteiger partial charge in [0.05, 0.1) is 0 Å². The molecule has 1 unspecified atom stereocenters. The highest BCUT2D eigenvalue weighted by Crippen LogP contribution is 2.40. The summed E-state index contributed by atoms with van der Waals surface area (Å²) in [6, 6.07) is 6.41. The summed E-state index contributed by atoms with van der Waals surface area (Å²) in [5, 5.41) is 9.51. The third-order valence-corrected chi connectivity index (χ3v) is 4.61. The van der Waals surface area contributed by atoms with Gasteiger partial charge in [0.2, 0.25) is 0 Å². The summed E-state index contributed by atoms with van der Waals surface area (Å²) in [5.41, 5.74) is 8.86. The van der Waals surface area contributed by atoms with E-state index in [1.165, 1.54) is 16.8 Å². The summed E-state index contributed by atoms with van der Waals surface area (Å²) in [5.74, 6) is -0.727. The van der Waals surface area contributed by atoms with Crippen LogP contribution in [0.4, 0.5) is 5.69 Å². The molecular formula is C16H22N2O2. The van der Waals surface area contributed by atoms with Gasteiger partial charge in [0.15, 0.2) is 0 Å². The molecule has 0 aromatic heterocycles. The van der Waals surface area contributed by atoms with E-state index in [2.05, 4.69) is 30.0 Å². The second-order valence-electron chi connectivity index (χ2n) is 6.28. The van der Waals surface area contributed by atoms with Crippen molar-refractivity contribution in [3.63, 3.8) is 0 Å². The fourth-order valence-corrected chi connectivity index (χ4v) is 3.25. The van der Waals surface area contributed by atoms with Crippen molar-refractivity contribution in [3.8, 4) is 0 Å². The van der Waals surface area contributed by atoms with Gasteiger partial charge in [-0.25, -0.2) is 0 Å². The van der Waals surface area contributed by atoms with E-state index in [-0.39, 0.29) is 5.92 Å². The van der Waals surface area contributed by atoms with Crippen molar-refractivity contribution in [2.75, 3.05) is 18.0 Å². The van der Waals surface area contributed by atoms with E-state index in [1.807, 2.05) is 0 Å². The van der Waals surface area contributed by atoms with E-state index in [1.54, 1.807) is 0 Å². The molecule has 108 valence electrons. The summed E-state index contributed by atoms with van der Waals surface area (Å²) in [6.07, 6.45) is 4.02. The maximum Gasteiger partial charge on any atom is 0.325 e. The van der Waals surface area contributed by atoms with Crippen molar-refractivity contribution in [2.45, 2.75) is 38.1 Å². The Hall–Kier alpha value is -1.55. The average molecular weight is 274 g/mol. The van der Waals surface area contributed by atoms with Crippen LogP contribution >= 0.6 is 0 Å². The number of anilines is 1. The Morgan fingerprint density at radius 2 is 2.25 bits per heavy atom. The van der Waals surface area contributed by atoms with E-state index in [4.69, 9.17) is 5.73 Å². The third-order valence-electron chi connectivity index (χ3n) is 4.61. The molecule has 1 fully saturated rings. The lowest BCUT2D eigenvalue weighted by atomic mass is 9.91. The van der Waals surface area contributed by atoms with Crippen molar-refractivity contribution in [2.24, 2.45) is 11.7 Å². The van der Waals surface area contributed by atoms with Crippen LogP contribution in [0.15, 0.2) is 18.2 Å². The molecule has 1 saturated carbocycles. The smallest absolute Gasteiger partial charge is 0.325 e. The molecule has 1 aromatic rings. The zero-order chi connectivity index (χ0) is 14.3. The molecule has 3 N–H and O–H groups in total. The molecule has 1 aliphatic carbocycles. The van der Waals surface area contributed by atoms with E-state index >= 15 is 0 Å². The number of aryl methyl sites for hydroxylation is 2. The van der Waals surface area contributed by atoms with Crippen molar-refractivity contribution >= 4 is 11.7 Å². The van der Waals surface area contributed by atoms with Gasteiger partial charge < -0.3 is 15.7 Å². The van der Waals surface area contributed by atoms with E-state index in [0.717, 1.165) is 32.2 Å². The van der Waals surface area contributed by atoms with Gasteiger partial charge in [0.25, 0.3) is 0 Å². The molecule has 3 rings (SSSR count). The molecule has 0 saturated heterocycles. The Morgan fingerprint density at radius 1 is 1.50 bits per heavy atom. The van der Waals surface area contributed by atoms with Crippen LogP contribution in [0.1, 0.15) is 30.4 Å². The largest absolute Gasteiger partial charge is 0.480 e. The predicted octanol–water partition coefficient (Wildman–Crippen LogP) is 1.94. The quantitative estimate of drug-likeness (QED) is 0.880. The minimum atomic E-state index is -1.10. The first kappa shape index (κ1) is 13.4. The van der Waals surface area contributed by atoms with Gasteiger partial charge in [-0.2, -0.15) is 0 Å². The van der Waals surface area contributed by atoms with Crippen LogP contribution in [-0.2, 0) is 11.2 Å². The highest BCUT2D eigenvalue weighted by molar-refractivity contribution is 5.81. The first-order valence-corrected chi connectivity index (χ1v) is 7.37. The third kappa shape index (κ3) is 2.29. The monoisotopic (exact) mass is 274 g/mol. The molecule has 2 aliphatic rings. The number of nitrogens with zero attached hydrogens (tertiary/aromatic N) is 1. The minimum absolute atomic E-state index is 0.135. The summed E-state index contributed by atoms with van der Waals surface area (Å²) in [6.45, 7) is 3.41. The Bertz CT molecular complexity index is 539. The zero-order valence-electron chi connectivity index (χ0n) is 11.9. The normalized spacial score (nSPS) is 21.2. The molecule has 1 aliphatic heterocycles. The summed E-state index contributed by atoms with van der Waals surface area (Å²) in [7, 11) is 0. The van der Waals surface area contributed by atoms with Crippen LogP contribution in [-0.4, -0.2) is 29.7 Å². The van der Waals surface area contributed by atoms with Crippen LogP contribution in [0, 0.1) is 12.8 Å². The maximum atomic E-state index is 11.6. The fraction of sp³-hybridized carbons (Fsp3) is 0.562. The molecule has 20 heavy (non-hydrogen) atoms. The lowest BCUT2D eigenvalue weighted by Gasteiger charge is -2.37. The number of fused-ring (bicyclic) bond motifs is 1. The van der Waals surface area contributed by atoms with Gasteiger partial charge in [0, 0.05) is 18.8 Å². The average Bonchev–Trinajstić information content (AvgIpc) is 3.22. The Balaban J connectivity index is 1.87. The zero-order valence-corrected chi connectivity index (χ0v) is 11.9. The second-order valence-corrected chi connectivity index (χ2v) is 6.28. The van der Waals surface area contributed by atoms with Gasteiger partial charge in [-0.1, -0.05) is 17.7 Å². The van der Waals surface area contributed by atoms with Crippen molar-refractivity contribution in [1.29, 1.82) is 0 Å². The van der Waals surface area contributed by atoms with Crippen molar-refractivity contribution in [3.05, 3.63) is 29.3 Å². The van der Waals surface area contributed by atoms with E-state index < -0.39 is 11.5 Å². The Kier molecular flexibility index (Phi) is 3.21. The van der Waals surface area contributed by atoms with Crippen LogP contribution in [0.2, 0.25) is 0 Å². The number of carboxylic acid groups (broad SMARTS) is 1. The summed E-state index contributed by atoms with van der Waals surface area (Å²) >= 11 is 0. The van der Waals surface area contributed by atoms with Gasteiger partial charge in [0.1, 0.15) is 5.54 Å². The van der Waals surface area contributed by atoms with Gasteiger partial charge in [-0.15, -0.1) is 0 Å². The Morgan fingerprint density at radius 3 is 2.90 bits per heavy atom. The van der Waals surface area contributed by atoms with Crippen LogP contribution in [0.25, 0.3) is 0 Å². The number of hydrogen-bond donors (Lipinski definition) is 2. The number of hydrogen-bond acceptors (Lipinski definition) is 3. The topological polar surface area (TPSA) is 66.6 Å². The highest BCUT2D eigenvalue weighted by atomic mass is 16.4. The molecular weight excluding hydrogens is 252 g/mol. The predicted molar refractivity (Wildman–Crippen MR) is 79.0 cm³/mol. The highest BCUT2D eigenvalue weighted by Gasteiger charge is 2.49. The second kappa shape index (κ2) is 4.77. The van der Waals surface area contributed by atoms with Crippen LogP contribution < -0.4 is 10.6 Å². The molecule has 4 heteroatoms.